The summed E-state index contributed by atoms with van der Waals surface area (Å²) in [4.78, 5) is 0. The van der Waals surface area contributed by atoms with E-state index in [-0.39, 0.29) is 18.1 Å². The zero-order valence-electron chi connectivity index (χ0n) is 15.6. The van der Waals surface area contributed by atoms with Crippen molar-refractivity contribution in [1.82, 2.24) is 0 Å². The van der Waals surface area contributed by atoms with Crippen LogP contribution in [-0.2, 0) is 0 Å². The molecule has 1 aliphatic heterocycles. The Balaban J connectivity index is 2.04. The molecule has 2 aromatic carbocycles. The van der Waals surface area contributed by atoms with Gasteiger partial charge in [-0.25, -0.2) is 0 Å². The first kappa shape index (κ1) is 20.2. The van der Waals surface area contributed by atoms with Gasteiger partial charge in [-0.05, 0) is 35.4 Å². The maximum atomic E-state index is 10.3. The molecule has 0 fully saturated rings. The summed E-state index contributed by atoms with van der Waals surface area (Å²) in [6, 6.07) is 7.94. The second kappa shape index (κ2) is 8.24. The number of phenols is 1. The van der Waals surface area contributed by atoms with E-state index in [9.17, 15) is 20.4 Å². The molecular formula is C20H24O8. The molecule has 152 valence electrons. The lowest BCUT2D eigenvalue weighted by atomic mass is 9.89. The Kier molecular flexibility index (Phi) is 5.95. The van der Waals surface area contributed by atoms with Crippen molar-refractivity contribution in [2.24, 2.45) is 0 Å². The largest absolute Gasteiger partial charge is 0.504 e. The van der Waals surface area contributed by atoms with Gasteiger partial charge in [0.2, 0.25) is 0 Å². The van der Waals surface area contributed by atoms with Crippen LogP contribution in [0.25, 0.3) is 0 Å². The van der Waals surface area contributed by atoms with Crippen LogP contribution in [0.15, 0.2) is 30.3 Å². The summed E-state index contributed by atoms with van der Waals surface area (Å²) in [5.74, 6) is 0.555. The van der Waals surface area contributed by atoms with Crippen LogP contribution in [0.4, 0.5) is 0 Å². The number of rotatable bonds is 7. The van der Waals surface area contributed by atoms with E-state index in [1.165, 1.54) is 26.4 Å². The van der Waals surface area contributed by atoms with E-state index in [1.807, 2.05) is 0 Å². The van der Waals surface area contributed by atoms with Gasteiger partial charge in [0.1, 0.15) is 18.3 Å². The normalized spacial score (nSPS) is 20.2. The van der Waals surface area contributed by atoms with E-state index in [0.29, 0.717) is 28.2 Å². The molecule has 8 heteroatoms. The number of benzene rings is 2. The van der Waals surface area contributed by atoms with Gasteiger partial charge >= 0.3 is 0 Å². The van der Waals surface area contributed by atoms with Gasteiger partial charge in [0.05, 0.1) is 33.4 Å². The fraction of sp³-hybridized carbons (Fsp3) is 0.400. The molecule has 0 saturated carbocycles. The highest BCUT2D eigenvalue weighted by molar-refractivity contribution is 5.56. The smallest absolute Gasteiger partial charge is 0.165 e. The van der Waals surface area contributed by atoms with Gasteiger partial charge in [-0.1, -0.05) is 6.07 Å². The molecule has 3 rings (SSSR count). The number of hydrogen-bond acceptors (Lipinski definition) is 8. The Morgan fingerprint density at radius 2 is 1.75 bits per heavy atom. The van der Waals surface area contributed by atoms with Gasteiger partial charge in [0.15, 0.2) is 23.0 Å². The molecule has 1 aliphatic rings. The molecule has 2 aromatic rings. The number of aromatic hydroxyl groups is 1. The van der Waals surface area contributed by atoms with Crippen LogP contribution in [0, 0.1) is 0 Å². The fourth-order valence-corrected chi connectivity index (χ4v) is 3.43. The third kappa shape index (κ3) is 3.47. The van der Waals surface area contributed by atoms with Crippen molar-refractivity contribution in [3.05, 3.63) is 47.0 Å². The quantitative estimate of drug-likeness (QED) is 0.472. The molecule has 2 unspecified atom stereocenters. The van der Waals surface area contributed by atoms with Crippen LogP contribution in [0.5, 0.6) is 23.0 Å². The molecule has 1 heterocycles. The average Bonchev–Trinajstić information content (AvgIpc) is 3.10. The summed E-state index contributed by atoms with van der Waals surface area (Å²) >= 11 is 0. The minimum Gasteiger partial charge on any atom is -0.504 e. The lowest BCUT2D eigenvalue weighted by Crippen LogP contribution is -2.22. The van der Waals surface area contributed by atoms with Crippen molar-refractivity contribution in [1.29, 1.82) is 0 Å². The number of hydrogen-bond donors (Lipinski definition) is 5. The number of aliphatic hydroxyl groups excluding tert-OH is 4. The van der Waals surface area contributed by atoms with Crippen LogP contribution in [-0.4, -0.2) is 59.1 Å². The van der Waals surface area contributed by atoms with E-state index in [2.05, 4.69) is 0 Å². The molecule has 0 bridgehead atoms. The fourth-order valence-electron chi connectivity index (χ4n) is 3.43. The van der Waals surface area contributed by atoms with Crippen LogP contribution < -0.4 is 14.2 Å². The number of phenolic OH excluding ortho intramolecular Hbond substituents is 1. The SMILES string of the molecule is COc1cc([C@H]2Oc3c(OC)cc(C(O)C(O)CO)cc3[C@@H]2CO)ccc1O. The van der Waals surface area contributed by atoms with Gasteiger partial charge in [-0.3, -0.25) is 0 Å². The van der Waals surface area contributed by atoms with Gasteiger partial charge in [0, 0.05) is 5.56 Å². The molecule has 28 heavy (non-hydrogen) atoms. The summed E-state index contributed by atoms with van der Waals surface area (Å²) in [7, 11) is 2.89. The molecule has 8 nitrogen and oxygen atoms in total. The van der Waals surface area contributed by atoms with Gasteiger partial charge in [-0.2, -0.15) is 0 Å². The molecule has 0 saturated heterocycles. The summed E-state index contributed by atoms with van der Waals surface area (Å²) < 4.78 is 16.6. The van der Waals surface area contributed by atoms with Crippen LogP contribution in [0.1, 0.15) is 34.8 Å². The Bertz CT molecular complexity index is 837. The van der Waals surface area contributed by atoms with Crippen molar-refractivity contribution in [2.75, 3.05) is 27.4 Å². The third-order valence-electron chi connectivity index (χ3n) is 4.96. The monoisotopic (exact) mass is 392 g/mol. The highest BCUT2D eigenvalue weighted by Crippen LogP contribution is 2.52. The molecule has 5 N–H and O–H groups in total. The van der Waals surface area contributed by atoms with E-state index < -0.39 is 30.8 Å². The van der Waals surface area contributed by atoms with Crippen LogP contribution >= 0.6 is 0 Å². The molecule has 0 radical (unpaired) electrons. The van der Waals surface area contributed by atoms with Crippen molar-refractivity contribution in [3.8, 4) is 23.0 Å². The highest BCUT2D eigenvalue weighted by atomic mass is 16.5. The Hall–Kier alpha value is -2.52. The second-order valence-electron chi connectivity index (χ2n) is 6.60. The highest BCUT2D eigenvalue weighted by Gasteiger charge is 2.38. The number of methoxy groups -OCH3 is 2. The zero-order valence-corrected chi connectivity index (χ0v) is 15.6. The van der Waals surface area contributed by atoms with E-state index in [1.54, 1.807) is 18.2 Å². The van der Waals surface area contributed by atoms with Crippen molar-refractivity contribution in [3.63, 3.8) is 0 Å². The second-order valence-corrected chi connectivity index (χ2v) is 6.60. The predicted octanol–water partition coefficient (Wildman–Crippen LogP) is 1.01. The maximum absolute atomic E-state index is 10.3. The van der Waals surface area contributed by atoms with Gasteiger partial charge in [0.25, 0.3) is 0 Å². The summed E-state index contributed by atoms with van der Waals surface area (Å²) in [6.07, 6.45) is -3.25. The lowest BCUT2D eigenvalue weighted by Gasteiger charge is -2.19. The molecule has 0 spiro atoms. The van der Waals surface area contributed by atoms with E-state index in [4.69, 9.17) is 19.3 Å². The third-order valence-corrected chi connectivity index (χ3v) is 4.96. The van der Waals surface area contributed by atoms with Gasteiger partial charge < -0.3 is 39.7 Å². The zero-order chi connectivity index (χ0) is 20.4. The summed E-state index contributed by atoms with van der Waals surface area (Å²) in [5, 5.41) is 49.0. The maximum Gasteiger partial charge on any atom is 0.165 e. The molecular weight excluding hydrogens is 368 g/mol. The number of ether oxygens (including phenoxy) is 3. The molecule has 0 aromatic heterocycles. The van der Waals surface area contributed by atoms with Crippen molar-refractivity contribution >= 4 is 0 Å². The first-order valence-corrected chi connectivity index (χ1v) is 8.78. The molecule has 0 amide bonds. The Morgan fingerprint density at radius 3 is 2.36 bits per heavy atom. The minimum atomic E-state index is -1.35. The van der Waals surface area contributed by atoms with Gasteiger partial charge in [-0.15, -0.1) is 0 Å². The standard InChI is InChI=1S/C20H24O8/c1-26-16-6-10(3-4-14(16)23)19-13(8-21)12-5-11(18(25)15(24)9-22)7-17(27-2)20(12)28-19/h3-7,13,15,18-19,21-25H,8-9H2,1-2H3/t13-,15?,18?,19+/m0/s1. The van der Waals surface area contributed by atoms with E-state index >= 15 is 0 Å². The number of fused-ring (bicyclic) bond motifs is 1. The topological polar surface area (TPSA) is 129 Å². The average molecular weight is 392 g/mol. The lowest BCUT2D eigenvalue weighted by molar-refractivity contribution is -0.0153. The van der Waals surface area contributed by atoms with E-state index in [0.717, 1.165) is 0 Å². The summed E-state index contributed by atoms with van der Waals surface area (Å²) in [6.45, 7) is -0.845. The van der Waals surface area contributed by atoms with Crippen molar-refractivity contribution < 1.29 is 39.7 Å². The Labute approximate surface area is 162 Å². The molecule has 4 atom stereocenters. The molecule has 0 aliphatic carbocycles. The first-order valence-electron chi connectivity index (χ1n) is 8.78. The predicted molar refractivity (Wildman–Crippen MR) is 98.9 cm³/mol. The summed E-state index contributed by atoms with van der Waals surface area (Å²) in [5.41, 5.74) is 1.63. The Morgan fingerprint density at radius 1 is 1.04 bits per heavy atom. The van der Waals surface area contributed by atoms with Crippen LogP contribution in [0.2, 0.25) is 0 Å². The first-order chi connectivity index (χ1) is 13.4. The van der Waals surface area contributed by atoms with Crippen molar-refractivity contribution in [2.45, 2.75) is 24.2 Å². The number of aliphatic hydroxyl groups is 4. The minimum absolute atomic E-state index is 0.0108. The van der Waals surface area contributed by atoms with Crippen LogP contribution in [0.3, 0.4) is 0 Å².